The van der Waals surface area contributed by atoms with Crippen LogP contribution in [0.2, 0.25) is 0 Å². The lowest BCUT2D eigenvalue weighted by Gasteiger charge is -2.49. The number of aromatic nitrogens is 1. The molecule has 3 fully saturated rings. The second-order valence-corrected chi connectivity index (χ2v) is 6.77. The number of hydrogen-bond acceptors (Lipinski definition) is 4. The number of hydrogen-bond donors (Lipinski definition) is 1. The maximum absolute atomic E-state index is 13.3. The Kier molecular flexibility index (Phi) is 4.03. The average molecular weight is 347 g/mol. The van der Waals surface area contributed by atoms with E-state index in [1.165, 1.54) is 12.3 Å². The Morgan fingerprint density at radius 3 is 2.72 bits per heavy atom. The van der Waals surface area contributed by atoms with Crippen molar-refractivity contribution in [2.45, 2.75) is 31.8 Å². The summed E-state index contributed by atoms with van der Waals surface area (Å²) in [5, 5.41) is 3.03. The maximum Gasteiger partial charge on any atom is 0.307 e. The Morgan fingerprint density at radius 1 is 1.28 bits per heavy atom. The first kappa shape index (κ1) is 16.2. The fourth-order valence-corrected chi connectivity index (χ4v) is 3.92. The molecule has 132 valence electrons. The van der Waals surface area contributed by atoms with E-state index in [0.717, 1.165) is 38.1 Å². The first-order valence-electron chi connectivity index (χ1n) is 8.49. The van der Waals surface area contributed by atoms with Crippen molar-refractivity contribution in [1.29, 1.82) is 0 Å². The zero-order valence-electron chi connectivity index (χ0n) is 13.8. The highest BCUT2D eigenvalue weighted by Crippen LogP contribution is 2.32. The van der Waals surface area contributed by atoms with Gasteiger partial charge >= 0.3 is 5.91 Å². The molecule has 2 unspecified atom stereocenters. The van der Waals surface area contributed by atoms with Crippen molar-refractivity contribution < 1.29 is 18.0 Å². The molecule has 2 bridgehead atoms. The van der Waals surface area contributed by atoms with Gasteiger partial charge in [-0.25, -0.2) is 13.8 Å². The lowest BCUT2D eigenvalue weighted by molar-refractivity contribution is 0.0210. The molecule has 2 aromatic rings. The van der Waals surface area contributed by atoms with Gasteiger partial charge in [-0.15, -0.1) is 0 Å². The van der Waals surface area contributed by atoms with E-state index in [1.54, 1.807) is 0 Å². The molecule has 3 aliphatic heterocycles. The Morgan fingerprint density at radius 2 is 2.04 bits per heavy atom. The van der Waals surface area contributed by atoms with Gasteiger partial charge in [-0.3, -0.25) is 9.69 Å². The standard InChI is InChI=1S/C18H19F2N3O2/c1-10-16(11-4-6-23(10)7-5-11)22-17(24)18-21-9-15(25-18)12-2-3-13(19)14(20)8-12/h2-3,8-11,16H,4-7H2,1H3,(H,22,24). The molecule has 2 atom stereocenters. The second-order valence-electron chi connectivity index (χ2n) is 6.77. The minimum Gasteiger partial charge on any atom is -0.432 e. The van der Waals surface area contributed by atoms with Gasteiger partial charge in [0.05, 0.1) is 6.20 Å². The highest BCUT2D eigenvalue weighted by molar-refractivity contribution is 5.90. The number of nitrogens with one attached hydrogen (secondary N) is 1. The van der Waals surface area contributed by atoms with Crippen LogP contribution >= 0.6 is 0 Å². The van der Waals surface area contributed by atoms with Gasteiger partial charge in [0.1, 0.15) is 0 Å². The molecule has 5 rings (SSSR count). The molecule has 1 amide bonds. The van der Waals surface area contributed by atoms with Crippen LogP contribution in [0.25, 0.3) is 11.3 Å². The molecule has 1 aromatic carbocycles. The molecular weight excluding hydrogens is 328 g/mol. The van der Waals surface area contributed by atoms with Crippen LogP contribution in [-0.4, -0.2) is 41.0 Å². The third-order valence-electron chi connectivity index (χ3n) is 5.38. The van der Waals surface area contributed by atoms with E-state index in [1.807, 2.05) is 0 Å². The average Bonchev–Trinajstić information content (AvgIpc) is 3.11. The van der Waals surface area contributed by atoms with Crippen molar-refractivity contribution >= 4 is 5.91 Å². The number of oxazole rings is 1. The van der Waals surface area contributed by atoms with Crippen molar-refractivity contribution in [1.82, 2.24) is 15.2 Å². The third kappa shape index (κ3) is 2.93. The van der Waals surface area contributed by atoms with E-state index in [9.17, 15) is 13.6 Å². The molecule has 0 spiro atoms. The zero-order valence-corrected chi connectivity index (χ0v) is 13.8. The lowest BCUT2D eigenvalue weighted by atomic mass is 9.79. The predicted octanol–water partition coefficient (Wildman–Crippen LogP) is 2.83. The minimum absolute atomic E-state index is 0.0663. The number of piperidine rings is 3. The SMILES string of the molecule is CC1C(NC(=O)c2ncc(-c3ccc(F)c(F)c3)o2)C2CCN1CC2. The largest absolute Gasteiger partial charge is 0.432 e. The molecule has 4 heterocycles. The van der Waals surface area contributed by atoms with Crippen LogP contribution in [0.15, 0.2) is 28.8 Å². The molecule has 3 saturated heterocycles. The molecule has 7 heteroatoms. The Hall–Kier alpha value is -2.28. The van der Waals surface area contributed by atoms with Crippen molar-refractivity contribution in [3.8, 4) is 11.3 Å². The Labute approximate surface area is 144 Å². The quantitative estimate of drug-likeness (QED) is 0.928. The highest BCUT2D eigenvalue weighted by atomic mass is 19.2. The lowest BCUT2D eigenvalue weighted by Crippen LogP contribution is -2.62. The number of benzene rings is 1. The van der Waals surface area contributed by atoms with E-state index >= 15 is 0 Å². The van der Waals surface area contributed by atoms with E-state index in [4.69, 9.17) is 4.42 Å². The van der Waals surface area contributed by atoms with Crippen LogP contribution in [0, 0.1) is 17.6 Å². The highest BCUT2D eigenvalue weighted by Gasteiger charge is 2.40. The van der Waals surface area contributed by atoms with E-state index in [-0.39, 0.29) is 29.6 Å². The number of fused-ring (bicyclic) bond motifs is 3. The summed E-state index contributed by atoms with van der Waals surface area (Å²) in [5.74, 6) is -1.64. The van der Waals surface area contributed by atoms with Crippen molar-refractivity contribution in [3.63, 3.8) is 0 Å². The first-order valence-corrected chi connectivity index (χ1v) is 8.49. The first-order chi connectivity index (χ1) is 12.0. The molecule has 0 radical (unpaired) electrons. The monoisotopic (exact) mass is 347 g/mol. The van der Waals surface area contributed by atoms with Crippen LogP contribution in [0.3, 0.4) is 0 Å². The number of carbonyl (C=O) groups is 1. The van der Waals surface area contributed by atoms with Gasteiger partial charge in [-0.1, -0.05) is 0 Å². The van der Waals surface area contributed by atoms with Gasteiger partial charge in [-0.05, 0) is 57.0 Å². The van der Waals surface area contributed by atoms with Crippen LogP contribution in [0.5, 0.6) is 0 Å². The fraction of sp³-hybridized carbons (Fsp3) is 0.444. The van der Waals surface area contributed by atoms with Crippen molar-refractivity contribution in [3.05, 3.63) is 41.9 Å². The van der Waals surface area contributed by atoms with E-state index in [2.05, 4.69) is 22.1 Å². The van der Waals surface area contributed by atoms with Crippen molar-refractivity contribution in [2.75, 3.05) is 13.1 Å². The number of amides is 1. The van der Waals surface area contributed by atoms with E-state index in [0.29, 0.717) is 11.5 Å². The normalized spacial score (nSPS) is 28.1. The topological polar surface area (TPSA) is 58.4 Å². The van der Waals surface area contributed by atoms with Gasteiger partial charge in [0.15, 0.2) is 17.4 Å². The summed E-state index contributed by atoms with van der Waals surface area (Å²) in [6.07, 6.45) is 3.52. The van der Waals surface area contributed by atoms with Crippen LogP contribution < -0.4 is 5.32 Å². The summed E-state index contributed by atoms with van der Waals surface area (Å²) < 4.78 is 31.8. The van der Waals surface area contributed by atoms with Crippen LogP contribution in [-0.2, 0) is 0 Å². The number of halogens is 2. The maximum atomic E-state index is 13.3. The summed E-state index contributed by atoms with van der Waals surface area (Å²) in [6, 6.07) is 3.79. The summed E-state index contributed by atoms with van der Waals surface area (Å²) in [4.78, 5) is 18.9. The molecular formula is C18H19F2N3O2. The molecule has 5 nitrogen and oxygen atoms in total. The van der Waals surface area contributed by atoms with E-state index < -0.39 is 11.6 Å². The number of nitrogens with zero attached hydrogens (tertiary/aromatic N) is 2. The summed E-state index contributed by atoms with van der Waals surface area (Å²) >= 11 is 0. The Balaban J connectivity index is 1.50. The summed E-state index contributed by atoms with van der Waals surface area (Å²) in [7, 11) is 0. The molecule has 0 aliphatic carbocycles. The smallest absolute Gasteiger partial charge is 0.307 e. The van der Waals surface area contributed by atoms with Crippen LogP contribution in [0.4, 0.5) is 8.78 Å². The third-order valence-corrected chi connectivity index (χ3v) is 5.38. The van der Waals surface area contributed by atoms with Crippen molar-refractivity contribution in [2.24, 2.45) is 5.92 Å². The van der Waals surface area contributed by atoms with Gasteiger partial charge in [-0.2, -0.15) is 0 Å². The molecule has 1 N–H and O–H groups in total. The summed E-state index contributed by atoms with van der Waals surface area (Å²) in [6.45, 7) is 4.29. The molecule has 25 heavy (non-hydrogen) atoms. The van der Waals surface area contributed by atoms with Gasteiger partial charge in [0.2, 0.25) is 0 Å². The zero-order chi connectivity index (χ0) is 17.6. The summed E-state index contributed by atoms with van der Waals surface area (Å²) in [5.41, 5.74) is 0.335. The van der Waals surface area contributed by atoms with Gasteiger partial charge in [0, 0.05) is 17.6 Å². The minimum atomic E-state index is -0.971. The fourth-order valence-electron chi connectivity index (χ4n) is 3.92. The molecule has 0 saturated carbocycles. The second kappa shape index (κ2) is 6.22. The molecule has 3 aliphatic rings. The van der Waals surface area contributed by atoms with Gasteiger partial charge < -0.3 is 9.73 Å². The Bertz CT molecular complexity index is 797. The predicted molar refractivity (Wildman–Crippen MR) is 86.9 cm³/mol. The number of carbonyl (C=O) groups excluding carboxylic acids is 1. The van der Waals surface area contributed by atoms with Crippen LogP contribution in [0.1, 0.15) is 30.5 Å². The van der Waals surface area contributed by atoms with Gasteiger partial charge in [0.25, 0.3) is 5.89 Å². The molecule has 1 aromatic heterocycles. The number of rotatable bonds is 3.